The molecule has 4 heterocycles. The molecule has 258 valence electrons. The summed E-state index contributed by atoms with van der Waals surface area (Å²) in [6, 6.07) is 11.9. The zero-order valence-electron chi connectivity index (χ0n) is 30.0. The van der Waals surface area contributed by atoms with Crippen LogP contribution in [0.3, 0.4) is 0 Å². The van der Waals surface area contributed by atoms with Crippen molar-refractivity contribution in [2.24, 2.45) is 5.41 Å². The third kappa shape index (κ3) is 7.61. The van der Waals surface area contributed by atoms with Gasteiger partial charge in [-0.3, -0.25) is 14.8 Å². The molecule has 2 fully saturated rings. The first-order valence-electron chi connectivity index (χ1n) is 17.7. The van der Waals surface area contributed by atoms with Crippen LogP contribution in [0, 0.1) is 25.1 Å². The molecule has 1 unspecified atom stereocenters. The number of carbonyl (C=O) groups is 1. The maximum absolute atomic E-state index is 13.7. The molecule has 3 aliphatic rings. The van der Waals surface area contributed by atoms with E-state index in [9.17, 15) is 14.3 Å². The molecule has 48 heavy (non-hydrogen) atoms. The molecule has 0 saturated carbocycles. The Balaban J connectivity index is 1.45. The molecule has 1 N–H and O–H groups in total. The van der Waals surface area contributed by atoms with Crippen molar-refractivity contribution in [2.45, 2.75) is 105 Å². The number of piperidine rings is 1. The molecule has 0 aliphatic carbocycles. The Kier molecular flexibility index (Phi) is 9.73. The highest BCUT2D eigenvalue weighted by molar-refractivity contribution is 5.88. The van der Waals surface area contributed by atoms with Crippen LogP contribution in [0.4, 0.5) is 10.1 Å². The summed E-state index contributed by atoms with van der Waals surface area (Å²) in [4.78, 5) is 25.5. The van der Waals surface area contributed by atoms with Crippen molar-refractivity contribution >= 4 is 11.7 Å². The second kappa shape index (κ2) is 13.5. The summed E-state index contributed by atoms with van der Waals surface area (Å²) >= 11 is 0. The summed E-state index contributed by atoms with van der Waals surface area (Å²) in [6.07, 6.45) is 3.02. The van der Waals surface area contributed by atoms with Gasteiger partial charge in [0.05, 0.1) is 17.0 Å². The number of carboxylic acid groups (broad SMARTS) is 1. The van der Waals surface area contributed by atoms with E-state index in [0.717, 1.165) is 111 Å². The number of pyridine rings is 1. The predicted octanol–water partition coefficient (Wildman–Crippen LogP) is 7.84. The fourth-order valence-corrected chi connectivity index (χ4v) is 7.47. The van der Waals surface area contributed by atoms with Gasteiger partial charge in [0.15, 0.2) is 6.10 Å². The molecule has 2 aromatic carbocycles. The van der Waals surface area contributed by atoms with Gasteiger partial charge in [0.2, 0.25) is 0 Å². The zero-order chi connectivity index (χ0) is 34.4. The van der Waals surface area contributed by atoms with Crippen LogP contribution in [0.15, 0.2) is 36.4 Å². The Morgan fingerprint density at radius 3 is 2.33 bits per heavy atom. The molecule has 0 radical (unpaired) electrons. The molecular weight excluding hydrogens is 603 g/mol. The van der Waals surface area contributed by atoms with Gasteiger partial charge < -0.3 is 14.7 Å². The van der Waals surface area contributed by atoms with E-state index in [1.807, 2.05) is 40.7 Å². The van der Waals surface area contributed by atoms with Gasteiger partial charge in [-0.15, -0.1) is 0 Å². The minimum atomic E-state index is -1.14. The number of hydrogen-bond acceptors (Lipinski definition) is 6. The highest BCUT2D eigenvalue weighted by Gasteiger charge is 2.37. The zero-order valence-corrected chi connectivity index (χ0v) is 30.0. The molecule has 0 bridgehead atoms. The second-order valence-electron chi connectivity index (χ2n) is 16.0. The third-order valence-electron chi connectivity index (χ3n) is 10.5. The lowest BCUT2D eigenvalue weighted by Crippen LogP contribution is -2.40. The minimum absolute atomic E-state index is 0.192. The van der Waals surface area contributed by atoms with Gasteiger partial charge in [-0.1, -0.05) is 38.1 Å². The van der Waals surface area contributed by atoms with E-state index in [2.05, 4.69) is 46.7 Å². The highest BCUT2D eigenvalue weighted by atomic mass is 19.1. The van der Waals surface area contributed by atoms with Crippen LogP contribution < -0.4 is 4.90 Å². The molecule has 3 aliphatic heterocycles. The van der Waals surface area contributed by atoms with Gasteiger partial charge in [-0.25, -0.2) is 9.18 Å². The summed E-state index contributed by atoms with van der Waals surface area (Å²) in [5.74, 6) is -1.18. The number of benzene rings is 2. The van der Waals surface area contributed by atoms with Crippen molar-refractivity contribution in [3.8, 4) is 11.1 Å². The van der Waals surface area contributed by atoms with Crippen LogP contribution in [-0.2, 0) is 35.6 Å². The molecule has 0 spiro atoms. The number of anilines is 1. The SMILES string of the molecule is Cc1cc(F)ccc1CN1CCc2cc(-c3c(CN4CCC4)nc(C)c(C(OC(C)(C)C)C(=O)O)c3N3CCC(C)(C)CC3)ccc2C1. The third-order valence-corrected chi connectivity index (χ3v) is 10.5. The number of aryl methyl sites for hydroxylation is 2. The van der Waals surface area contributed by atoms with Gasteiger partial charge in [0.1, 0.15) is 5.82 Å². The van der Waals surface area contributed by atoms with Crippen LogP contribution in [0.5, 0.6) is 0 Å². The van der Waals surface area contributed by atoms with Crippen molar-refractivity contribution in [1.29, 1.82) is 0 Å². The topological polar surface area (TPSA) is 69.1 Å². The van der Waals surface area contributed by atoms with Crippen LogP contribution >= 0.6 is 0 Å². The molecule has 7 nitrogen and oxygen atoms in total. The summed E-state index contributed by atoms with van der Waals surface area (Å²) in [6.45, 7) is 21.4. The fraction of sp³-hybridized carbons (Fsp3) is 0.550. The summed E-state index contributed by atoms with van der Waals surface area (Å²) in [5.41, 5.74) is 9.90. The van der Waals surface area contributed by atoms with E-state index in [0.29, 0.717) is 5.56 Å². The van der Waals surface area contributed by atoms with Crippen molar-refractivity contribution in [2.75, 3.05) is 37.6 Å². The van der Waals surface area contributed by atoms with Crippen molar-refractivity contribution in [3.63, 3.8) is 0 Å². The Labute approximate surface area is 286 Å². The standard InChI is InChI=1S/C40H53FN4O3/c1-26-21-32(41)12-11-30(26)23-44-18-13-28-22-29(9-10-31(28)24-44)35-33(25-43-16-8-17-43)42-27(2)34(37(38(46)47)48-39(3,4)5)36(35)45-19-14-40(6,7)15-20-45/h9-12,21-22,37H,8,13-20,23-25H2,1-7H3,(H,46,47). The molecule has 0 amide bonds. The molecule has 8 heteroatoms. The Morgan fingerprint density at radius 1 is 0.979 bits per heavy atom. The number of ether oxygens (including phenoxy) is 1. The quantitative estimate of drug-likeness (QED) is 0.252. The Morgan fingerprint density at radius 2 is 1.71 bits per heavy atom. The number of carboxylic acids is 1. The number of fused-ring (bicyclic) bond motifs is 1. The smallest absolute Gasteiger partial charge is 0.337 e. The largest absolute Gasteiger partial charge is 0.479 e. The van der Waals surface area contributed by atoms with Gasteiger partial charge >= 0.3 is 5.97 Å². The monoisotopic (exact) mass is 656 g/mol. The number of aromatic nitrogens is 1. The summed E-state index contributed by atoms with van der Waals surface area (Å²) < 4.78 is 20.1. The number of halogens is 1. The van der Waals surface area contributed by atoms with E-state index < -0.39 is 17.7 Å². The lowest BCUT2D eigenvalue weighted by molar-refractivity contribution is -0.160. The summed E-state index contributed by atoms with van der Waals surface area (Å²) in [7, 11) is 0. The normalized spacial score (nSPS) is 19.1. The van der Waals surface area contributed by atoms with Crippen LogP contribution in [-0.4, -0.2) is 64.2 Å². The maximum atomic E-state index is 13.7. The molecule has 1 aromatic heterocycles. The molecule has 6 rings (SSSR count). The van der Waals surface area contributed by atoms with Gasteiger partial charge in [0.25, 0.3) is 0 Å². The lowest BCUT2D eigenvalue weighted by Gasteiger charge is -2.42. The van der Waals surface area contributed by atoms with E-state index in [1.54, 1.807) is 12.1 Å². The first kappa shape index (κ1) is 34.5. The average Bonchev–Trinajstić information content (AvgIpc) is 2.98. The van der Waals surface area contributed by atoms with Gasteiger partial charge in [0, 0.05) is 56.1 Å². The Bertz CT molecular complexity index is 1670. The number of nitrogens with zero attached hydrogens (tertiary/aromatic N) is 4. The van der Waals surface area contributed by atoms with E-state index in [1.165, 1.54) is 17.5 Å². The maximum Gasteiger partial charge on any atom is 0.337 e. The fourth-order valence-electron chi connectivity index (χ4n) is 7.47. The van der Waals surface area contributed by atoms with Crippen molar-refractivity contribution in [3.05, 3.63) is 81.4 Å². The van der Waals surface area contributed by atoms with Crippen molar-refractivity contribution in [1.82, 2.24) is 14.8 Å². The minimum Gasteiger partial charge on any atom is -0.479 e. The first-order valence-corrected chi connectivity index (χ1v) is 17.7. The molecule has 3 aromatic rings. The first-order chi connectivity index (χ1) is 22.7. The molecule has 1 atom stereocenters. The van der Waals surface area contributed by atoms with E-state index in [4.69, 9.17) is 9.72 Å². The number of likely N-dealkylation sites (tertiary alicyclic amines) is 1. The number of aliphatic carboxylic acids is 1. The number of rotatable bonds is 9. The second-order valence-corrected chi connectivity index (χ2v) is 16.0. The van der Waals surface area contributed by atoms with E-state index >= 15 is 0 Å². The van der Waals surface area contributed by atoms with Crippen LogP contribution in [0.2, 0.25) is 0 Å². The summed E-state index contributed by atoms with van der Waals surface area (Å²) in [5, 5.41) is 10.7. The number of hydrogen-bond donors (Lipinski definition) is 1. The van der Waals surface area contributed by atoms with Gasteiger partial charge in [-0.2, -0.15) is 0 Å². The lowest BCUT2D eigenvalue weighted by atomic mass is 9.81. The van der Waals surface area contributed by atoms with Crippen molar-refractivity contribution < 1.29 is 19.0 Å². The highest BCUT2D eigenvalue weighted by Crippen LogP contribution is 2.46. The molecular formula is C40H53FN4O3. The van der Waals surface area contributed by atoms with Crippen LogP contribution in [0.1, 0.15) is 99.2 Å². The van der Waals surface area contributed by atoms with Crippen LogP contribution in [0.25, 0.3) is 11.1 Å². The van der Waals surface area contributed by atoms with E-state index in [-0.39, 0.29) is 11.2 Å². The Hall–Kier alpha value is -3.33. The predicted molar refractivity (Wildman–Crippen MR) is 190 cm³/mol. The van der Waals surface area contributed by atoms with Gasteiger partial charge in [-0.05, 0) is 119 Å². The average molecular weight is 657 g/mol. The molecule has 2 saturated heterocycles.